The third-order valence-electron chi connectivity index (χ3n) is 5.53. The molecule has 0 radical (unpaired) electrons. The number of nitrogens with zero attached hydrogens (tertiary/aromatic N) is 2. The molecule has 0 aromatic carbocycles. The van der Waals surface area contributed by atoms with E-state index in [4.69, 9.17) is 4.74 Å². The van der Waals surface area contributed by atoms with E-state index in [0.717, 1.165) is 30.0 Å². The van der Waals surface area contributed by atoms with Crippen LogP contribution in [0.4, 0.5) is 0 Å². The van der Waals surface area contributed by atoms with E-state index in [-0.39, 0.29) is 30.7 Å². The topological polar surface area (TPSA) is 110 Å². The maximum Gasteiger partial charge on any atom is 0.329 e. The summed E-state index contributed by atoms with van der Waals surface area (Å²) in [5.41, 5.74) is -0.306. The van der Waals surface area contributed by atoms with Gasteiger partial charge in [-0.05, 0) is 43.9 Å². The summed E-state index contributed by atoms with van der Waals surface area (Å²) >= 11 is 7.11. The molecular formula is C23H32N4O4S3. The van der Waals surface area contributed by atoms with Crippen LogP contribution in [-0.2, 0) is 25.7 Å². The van der Waals surface area contributed by atoms with Gasteiger partial charge in [0, 0.05) is 11.1 Å². The molecule has 0 spiro atoms. The molecule has 34 heavy (non-hydrogen) atoms. The number of carbonyl (C=O) groups is 3. The third kappa shape index (κ3) is 7.08. The van der Waals surface area contributed by atoms with Gasteiger partial charge in [0.2, 0.25) is 11.8 Å². The molecular weight excluding hydrogens is 492 g/mol. The molecule has 0 fully saturated rings. The Hall–Kier alpha value is -1.85. The van der Waals surface area contributed by atoms with Crippen molar-refractivity contribution in [3.05, 3.63) is 28.2 Å². The predicted octanol–water partition coefficient (Wildman–Crippen LogP) is 3.12. The number of carbonyl (C=O) groups excluding carboxylic acids is 3. The number of allylic oxidation sites excluding steroid dienone is 1. The van der Waals surface area contributed by atoms with Crippen LogP contribution < -0.4 is 10.6 Å². The van der Waals surface area contributed by atoms with E-state index in [0.29, 0.717) is 16.5 Å². The molecule has 0 saturated carbocycles. The van der Waals surface area contributed by atoms with Crippen LogP contribution in [0.3, 0.4) is 0 Å². The van der Waals surface area contributed by atoms with Crippen LogP contribution in [0.1, 0.15) is 57.2 Å². The van der Waals surface area contributed by atoms with E-state index in [2.05, 4.69) is 33.2 Å². The van der Waals surface area contributed by atoms with Crippen molar-refractivity contribution >= 4 is 58.6 Å². The lowest BCUT2D eigenvalue weighted by atomic mass is 10.0. The number of amides is 2. The monoisotopic (exact) mass is 524 g/mol. The number of nitrogens with one attached hydrogen (secondary N) is 2. The zero-order valence-corrected chi connectivity index (χ0v) is 22.2. The lowest BCUT2D eigenvalue weighted by Crippen LogP contribution is -2.53. The Morgan fingerprint density at radius 3 is 2.85 bits per heavy atom. The summed E-state index contributed by atoms with van der Waals surface area (Å²) in [4.78, 5) is 48.1. The largest absolute Gasteiger partial charge is 0.456 e. The van der Waals surface area contributed by atoms with Crippen LogP contribution >= 0.6 is 35.7 Å². The van der Waals surface area contributed by atoms with Gasteiger partial charge in [0.25, 0.3) is 0 Å². The second kappa shape index (κ2) is 12.2. The SMILES string of the molecule is CC(C)C1NC(=O)[C@]2(C)CSC(=N2)c2csc(n2)CNC(=O)C[C@@H](/C=C/CCCCS)OC1=O. The van der Waals surface area contributed by atoms with Gasteiger partial charge in [-0.1, -0.05) is 19.9 Å². The number of aliphatic imine (C=N–C) groups is 1. The van der Waals surface area contributed by atoms with Crippen molar-refractivity contribution in [1.29, 1.82) is 0 Å². The van der Waals surface area contributed by atoms with Crippen molar-refractivity contribution < 1.29 is 19.1 Å². The lowest BCUT2D eigenvalue weighted by Gasteiger charge is -2.27. The standard InChI is InChI=1S/C23H32N4O4S3/c1-14(2)19-21(29)31-15(8-6-4-5-7-9-32)10-17(28)24-11-18-25-16(12-33-18)20-27-23(3,13-34-20)22(30)26-19/h6,8,12,14-15,19,32H,4-5,7,9-11,13H2,1-3H3,(H,24,28)(H,26,30)/b8-6+/t15-,19?,23+/m1/s1. The summed E-state index contributed by atoms with van der Waals surface area (Å²) < 4.78 is 5.72. The molecule has 2 aliphatic heterocycles. The zero-order valence-electron chi connectivity index (χ0n) is 19.7. The van der Waals surface area contributed by atoms with E-state index >= 15 is 0 Å². The summed E-state index contributed by atoms with van der Waals surface area (Å²) in [6.45, 7) is 5.73. The van der Waals surface area contributed by atoms with Crippen molar-refractivity contribution in [2.75, 3.05) is 11.5 Å². The minimum atomic E-state index is -1.01. The number of rotatable bonds is 6. The number of hydrogen-bond acceptors (Lipinski definition) is 9. The van der Waals surface area contributed by atoms with Gasteiger partial charge in [0.05, 0.1) is 13.0 Å². The second-order valence-corrected chi connectivity index (χ2v) is 11.3. The first-order valence-corrected chi connectivity index (χ1v) is 13.9. The molecule has 0 aliphatic carbocycles. The van der Waals surface area contributed by atoms with Crippen LogP contribution in [0.15, 0.2) is 22.5 Å². The van der Waals surface area contributed by atoms with Gasteiger partial charge in [0.1, 0.15) is 33.4 Å². The number of aromatic nitrogens is 1. The molecule has 2 aliphatic rings. The van der Waals surface area contributed by atoms with Crippen LogP contribution in [0.25, 0.3) is 0 Å². The minimum absolute atomic E-state index is 0.00786. The molecule has 186 valence electrons. The molecule has 1 aromatic heterocycles. The number of cyclic esters (lactones) is 1. The highest BCUT2D eigenvalue weighted by atomic mass is 32.2. The number of ether oxygens (including phenoxy) is 1. The van der Waals surface area contributed by atoms with Crippen LogP contribution in [0.2, 0.25) is 0 Å². The molecule has 11 heteroatoms. The summed E-state index contributed by atoms with van der Waals surface area (Å²) in [6.07, 6.45) is 5.69. The molecule has 0 saturated heterocycles. The minimum Gasteiger partial charge on any atom is -0.456 e. The molecule has 3 rings (SSSR count). The van der Waals surface area contributed by atoms with Crippen molar-refractivity contribution in [1.82, 2.24) is 15.6 Å². The van der Waals surface area contributed by atoms with Gasteiger partial charge in [-0.3, -0.25) is 14.6 Å². The fourth-order valence-electron chi connectivity index (χ4n) is 3.45. The van der Waals surface area contributed by atoms with E-state index < -0.39 is 23.7 Å². The average Bonchev–Trinajstić information content (AvgIpc) is 3.42. The van der Waals surface area contributed by atoms with Gasteiger partial charge in [-0.25, -0.2) is 9.78 Å². The van der Waals surface area contributed by atoms with E-state index in [1.807, 2.05) is 25.3 Å². The van der Waals surface area contributed by atoms with Crippen molar-refractivity contribution in [2.45, 2.75) is 70.7 Å². The zero-order chi connectivity index (χ0) is 24.7. The highest BCUT2D eigenvalue weighted by Crippen LogP contribution is 2.32. The first kappa shape index (κ1) is 26.7. The first-order valence-electron chi connectivity index (χ1n) is 11.4. The smallest absolute Gasteiger partial charge is 0.329 e. The fourth-order valence-corrected chi connectivity index (χ4v) is 5.60. The molecule has 1 aromatic rings. The highest BCUT2D eigenvalue weighted by molar-refractivity contribution is 8.14. The molecule has 3 heterocycles. The molecule has 2 N–H and O–H groups in total. The first-order chi connectivity index (χ1) is 16.2. The van der Waals surface area contributed by atoms with Gasteiger partial charge < -0.3 is 15.4 Å². The van der Waals surface area contributed by atoms with Crippen LogP contribution in [-0.4, -0.2) is 57.0 Å². The Bertz CT molecular complexity index is 962. The molecule has 4 bridgehead atoms. The average molecular weight is 525 g/mol. The molecule has 1 unspecified atom stereocenters. The summed E-state index contributed by atoms with van der Waals surface area (Å²) in [5, 5.41) is 9.02. The van der Waals surface area contributed by atoms with Crippen LogP contribution in [0, 0.1) is 5.92 Å². The normalized spacial score (nSPS) is 26.4. The number of esters is 1. The van der Waals surface area contributed by atoms with E-state index in [1.165, 1.54) is 23.1 Å². The Morgan fingerprint density at radius 1 is 1.32 bits per heavy atom. The second-order valence-electron chi connectivity index (χ2n) is 8.90. The number of thioether (sulfide) groups is 1. The number of hydrogen-bond donors (Lipinski definition) is 3. The Morgan fingerprint density at radius 2 is 2.12 bits per heavy atom. The molecule has 3 atom stereocenters. The third-order valence-corrected chi connectivity index (χ3v) is 7.97. The Labute approximate surface area is 214 Å². The van der Waals surface area contributed by atoms with Crippen LogP contribution in [0.5, 0.6) is 0 Å². The summed E-state index contributed by atoms with van der Waals surface area (Å²) in [6, 6.07) is -0.851. The van der Waals surface area contributed by atoms with Gasteiger partial charge in [-0.2, -0.15) is 12.6 Å². The maximum absolute atomic E-state index is 13.2. The number of fused-ring (bicyclic) bond motifs is 4. The number of unbranched alkanes of at least 4 members (excludes halogenated alkanes) is 2. The van der Waals surface area contributed by atoms with E-state index in [1.54, 1.807) is 13.0 Å². The van der Waals surface area contributed by atoms with Crippen molar-refractivity contribution in [3.63, 3.8) is 0 Å². The van der Waals surface area contributed by atoms with Gasteiger partial charge in [0.15, 0.2) is 0 Å². The van der Waals surface area contributed by atoms with Crippen molar-refractivity contribution in [3.8, 4) is 0 Å². The molecule has 2 amide bonds. The number of thiazole rings is 1. The number of thiol groups is 1. The van der Waals surface area contributed by atoms with Gasteiger partial charge in [-0.15, -0.1) is 23.1 Å². The Kier molecular flexibility index (Phi) is 9.61. The lowest BCUT2D eigenvalue weighted by molar-refractivity contribution is -0.153. The molecule has 8 nitrogen and oxygen atoms in total. The Balaban J connectivity index is 1.86. The maximum atomic E-state index is 13.2. The quantitative estimate of drug-likeness (QED) is 0.228. The predicted molar refractivity (Wildman–Crippen MR) is 139 cm³/mol. The van der Waals surface area contributed by atoms with Gasteiger partial charge >= 0.3 is 5.97 Å². The summed E-state index contributed by atoms with van der Waals surface area (Å²) in [7, 11) is 0. The van der Waals surface area contributed by atoms with E-state index in [9.17, 15) is 14.4 Å². The van der Waals surface area contributed by atoms with Crippen molar-refractivity contribution in [2.24, 2.45) is 10.9 Å². The highest BCUT2D eigenvalue weighted by Gasteiger charge is 2.41. The summed E-state index contributed by atoms with van der Waals surface area (Å²) in [5.74, 6) is -0.0706. The fraction of sp³-hybridized carbons (Fsp3) is 0.609.